The van der Waals surface area contributed by atoms with Crippen LogP contribution in [0.1, 0.15) is 20.8 Å². The Morgan fingerprint density at radius 3 is 2.07 bits per heavy atom. The average Bonchev–Trinajstić information content (AvgIpc) is 2.18. The van der Waals surface area contributed by atoms with Gasteiger partial charge in [0.2, 0.25) is 0 Å². The standard InChI is InChI=1S/C11H17NO2S/c1-9(12)11(2,3)15(13,14)10-7-5-4-6-8-10/h4-9H,12H2,1-3H3. The third-order valence-electron chi connectivity index (χ3n) is 2.84. The van der Waals surface area contributed by atoms with Crippen molar-refractivity contribution in [2.24, 2.45) is 5.73 Å². The molecule has 1 aromatic carbocycles. The molecule has 84 valence electrons. The minimum Gasteiger partial charge on any atom is -0.327 e. The van der Waals surface area contributed by atoms with Crippen LogP contribution in [-0.4, -0.2) is 19.2 Å². The van der Waals surface area contributed by atoms with Gasteiger partial charge in [-0.25, -0.2) is 8.42 Å². The fraction of sp³-hybridized carbons (Fsp3) is 0.455. The molecule has 0 saturated carbocycles. The smallest absolute Gasteiger partial charge is 0.185 e. The summed E-state index contributed by atoms with van der Waals surface area (Å²) < 4.78 is 23.5. The van der Waals surface area contributed by atoms with Crippen LogP contribution in [0.3, 0.4) is 0 Å². The van der Waals surface area contributed by atoms with Crippen LogP contribution >= 0.6 is 0 Å². The van der Waals surface area contributed by atoms with Crippen molar-refractivity contribution in [1.29, 1.82) is 0 Å². The SMILES string of the molecule is CC(N)C(C)(C)S(=O)(=O)c1ccccc1. The second-order valence-corrected chi connectivity index (χ2v) is 6.74. The quantitative estimate of drug-likeness (QED) is 0.853. The van der Waals surface area contributed by atoms with Gasteiger partial charge in [0.25, 0.3) is 0 Å². The summed E-state index contributed by atoms with van der Waals surface area (Å²) in [7, 11) is -3.36. The Hall–Kier alpha value is -0.870. The number of sulfone groups is 1. The van der Waals surface area contributed by atoms with Gasteiger partial charge >= 0.3 is 0 Å². The Morgan fingerprint density at radius 1 is 1.20 bits per heavy atom. The van der Waals surface area contributed by atoms with Crippen molar-refractivity contribution >= 4 is 9.84 Å². The van der Waals surface area contributed by atoms with Crippen molar-refractivity contribution in [2.45, 2.75) is 36.5 Å². The van der Waals surface area contributed by atoms with Gasteiger partial charge in [0, 0.05) is 6.04 Å². The maximum absolute atomic E-state index is 12.2. The lowest BCUT2D eigenvalue weighted by Gasteiger charge is -2.28. The van der Waals surface area contributed by atoms with Crippen molar-refractivity contribution in [3.05, 3.63) is 30.3 Å². The lowest BCUT2D eigenvalue weighted by molar-refractivity contribution is 0.501. The van der Waals surface area contributed by atoms with E-state index in [1.807, 2.05) is 0 Å². The first-order chi connectivity index (χ1) is 6.80. The molecule has 15 heavy (non-hydrogen) atoms. The summed E-state index contributed by atoms with van der Waals surface area (Å²) in [5.41, 5.74) is 5.71. The van der Waals surface area contributed by atoms with Crippen LogP contribution in [0.15, 0.2) is 35.2 Å². The van der Waals surface area contributed by atoms with E-state index in [1.165, 1.54) is 0 Å². The monoisotopic (exact) mass is 227 g/mol. The van der Waals surface area contributed by atoms with E-state index in [0.717, 1.165) is 0 Å². The molecule has 0 aliphatic rings. The third kappa shape index (κ3) is 2.06. The molecule has 3 nitrogen and oxygen atoms in total. The van der Waals surface area contributed by atoms with Gasteiger partial charge in [-0.2, -0.15) is 0 Å². The zero-order valence-corrected chi connectivity index (χ0v) is 10.1. The van der Waals surface area contributed by atoms with Crippen molar-refractivity contribution < 1.29 is 8.42 Å². The van der Waals surface area contributed by atoms with Gasteiger partial charge < -0.3 is 5.73 Å². The predicted molar refractivity (Wildman–Crippen MR) is 61.4 cm³/mol. The van der Waals surface area contributed by atoms with Gasteiger partial charge in [-0.3, -0.25) is 0 Å². The Balaban J connectivity index is 3.27. The number of rotatable bonds is 3. The Bertz CT molecular complexity index is 421. The Morgan fingerprint density at radius 2 is 1.67 bits per heavy atom. The highest BCUT2D eigenvalue weighted by Crippen LogP contribution is 2.27. The molecular weight excluding hydrogens is 210 g/mol. The summed E-state index contributed by atoms with van der Waals surface area (Å²) in [6, 6.07) is 7.99. The van der Waals surface area contributed by atoms with Crippen LogP contribution in [0.4, 0.5) is 0 Å². The molecule has 0 heterocycles. The molecule has 4 heteroatoms. The molecule has 1 atom stereocenters. The topological polar surface area (TPSA) is 60.2 Å². The molecule has 0 saturated heterocycles. The second kappa shape index (κ2) is 3.94. The normalized spacial score (nSPS) is 14.9. The van der Waals surface area contributed by atoms with Gasteiger partial charge in [-0.15, -0.1) is 0 Å². The van der Waals surface area contributed by atoms with Gasteiger partial charge in [-0.05, 0) is 32.9 Å². The highest BCUT2D eigenvalue weighted by molar-refractivity contribution is 7.92. The van der Waals surface area contributed by atoms with Crippen molar-refractivity contribution in [3.63, 3.8) is 0 Å². The lowest BCUT2D eigenvalue weighted by Crippen LogP contribution is -2.47. The maximum Gasteiger partial charge on any atom is 0.185 e. The van der Waals surface area contributed by atoms with E-state index in [2.05, 4.69) is 0 Å². The van der Waals surface area contributed by atoms with Crippen LogP contribution in [0, 0.1) is 0 Å². The first kappa shape index (κ1) is 12.2. The van der Waals surface area contributed by atoms with Crippen molar-refractivity contribution in [2.75, 3.05) is 0 Å². The lowest BCUT2D eigenvalue weighted by atomic mass is 10.1. The van der Waals surface area contributed by atoms with Gasteiger partial charge in [0.1, 0.15) is 0 Å². The molecule has 1 unspecified atom stereocenters. The molecular formula is C11H17NO2S. The van der Waals surface area contributed by atoms with Crippen LogP contribution in [0.5, 0.6) is 0 Å². The van der Waals surface area contributed by atoms with Gasteiger partial charge in [-0.1, -0.05) is 18.2 Å². The summed E-state index contributed by atoms with van der Waals surface area (Å²) in [6.07, 6.45) is 0. The highest BCUT2D eigenvalue weighted by atomic mass is 32.2. The van der Waals surface area contributed by atoms with Crippen molar-refractivity contribution in [1.82, 2.24) is 0 Å². The van der Waals surface area contributed by atoms with Crippen LogP contribution in [-0.2, 0) is 9.84 Å². The van der Waals surface area contributed by atoms with E-state index < -0.39 is 20.6 Å². The summed E-state index contributed by atoms with van der Waals surface area (Å²) in [6.45, 7) is 5.01. The largest absolute Gasteiger partial charge is 0.327 e. The third-order valence-corrected chi connectivity index (χ3v) is 5.49. The molecule has 0 aliphatic carbocycles. The highest BCUT2D eigenvalue weighted by Gasteiger charge is 2.38. The fourth-order valence-corrected chi connectivity index (χ4v) is 2.76. The molecule has 0 spiro atoms. The number of nitrogens with two attached hydrogens (primary N) is 1. The van der Waals surface area contributed by atoms with Crippen LogP contribution in [0.25, 0.3) is 0 Å². The van der Waals surface area contributed by atoms with E-state index in [0.29, 0.717) is 4.90 Å². The van der Waals surface area contributed by atoms with Crippen LogP contribution in [0.2, 0.25) is 0 Å². The number of benzene rings is 1. The number of hydrogen-bond donors (Lipinski definition) is 1. The van der Waals surface area contributed by atoms with Crippen molar-refractivity contribution in [3.8, 4) is 0 Å². The summed E-state index contributed by atoms with van der Waals surface area (Å²) in [4.78, 5) is 0.326. The average molecular weight is 227 g/mol. The molecule has 1 aromatic rings. The zero-order valence-electron chi connectivity index (χ0n) is 9.27. The van der Waals surface area contributed by atoms with E-state index >= 15 is 0 Å². The summed E-state index contributed by atoms with van der Waals surface area (Å²) in [5.74, 6) is 0. The molecule has 2 N–H and O–H groups in total. The first-order valence-corrected chi connectivity index (χ1v) is 6.33. The fourth-order valence-electron chi connectivity index (χ4n) is 1.15. The van der Waals surface area contributed by atoms with E-state index in [1.54, 1.807) is 51.1 Å². The van der Waals surface area contributed by atoms with Gasteiger partial charge in [0.15, 0.2) is 9.84 Å². The minimum atomic E-state index is -3.36. The maximum atomic E-state index is 12.2. The molecule has 0 bridgehead atoms. The van der Waals surface area contributed by atoms with Gasteiger partial charge in [0.05, 0.1) is 9.64 Å². The van der Waals surface area contributed by atoms with Crippen LogP contribution < -0.4 is 5.73 Å². The molecule has 0 amide bonds. The minimum absolute atomic E-state index is 0.326. The summed E-state index contributed by atoms with van der Waals surface area (Å²) in [5, 5.41) is 0. The Kier molecular flexibility index (Phi) is 3.21. The summed E-state index contributed by atoms with van der Waals surface area (Å²) >= 11 is 0. The molecule has 0 fully saturated rings. The first-order valence-electron chi connectivity index (χ1n) is 4.85. The second-order valence-electron chi connectivity index (χ2n) is 4.21. The van der Waals surface area contributed by atoms with E-state index in [4.69, 9.17) is 5.73 Å². The molecule has 1 rings (SSSR count). The molecule has 0 radical (unpaired) electrons. The molecule has 0 aliphatic heterocycles. The zero-order chi connectivity index (χ0) is 11.7. The Labute approximate surface area is 91.2 Å². The van der Waals surface area contributed by atoms with E-state index in [9.17, 15) is 8.42 Å². The molecule has 0 aromatic heterocycles. The van der Waals surface area contributed by atoms with E-state index in [-0.39, 0.29) is 0 Å². The predicted octanol–water partition coefficient (Wildman–Crippen LogP) is 1.59. The number of hydrogen-bond acceptors (Lipinski definition) is 3.